The lowest BCUT2D eigenvalue weighted by molar-refractivity contribution is -0.161. The predicted octanol–water partition coefficient (Wildman–Crippen LogP) is 16.2. The molecule has 6 atom stereocenters. The van der Waals surface area contributed by atoms with Gasteiger partial charge < -0.3 is 33.8 Å². The molecule has 0 aliphatic heterocycles. The van der Waals surface area contributed by atoms with Gasteiger partial charge in [0, 0.05) is 25.7 Å². The van der Waals surface area contributed by atoms with E-state index in [4.69, 9.17) is 37.0 Å². The number of carbonyl (C=O) groups excluding carboxylic acids is 4. The van der Waals surface area contributed by atoms with Crippen LogP contribution in [0.5, 0.6) is 0 Å². The van der Waals surface area contributed by atoms with Crippen LogP contribution in [0.25, 0.3) is 0 Å². The van der Waals surface area contributed by atoms with Crippen LogP contribution in [0.3, 0.4) is 0 Å². The van der Waals surface area contributed by atoms with E-state index in [0.29, 0.717) is 25.7 Å². The average Bonchev–Trinajstić information content (AvgIpc) is 3.42. The minimum Gasteiger partial charge on any atom is -0.462 e. The molecule has 0 heterocycles. The van der Waals surface area contributed by atoms with Crippen molar-refractivity contribution in [2.24, 2.45) is 5.92 Å². The van der Waals surface area contributed by atoms with Gasteiger partial charge in [-0.1, -0.05) is 247 Å². The highest BCUT2D eigenvalue weighted by Gasteiger charge is 2.30. The molecular formula is C60H116O17P2. The molecule has 0 fully saturated rings. The van der Waals surface area contributed by atoms with Gasteiger partial charge in [-0.25, -0.2) is 9.13 Å². The Morgan fingerprint density at radius 1 is 0.354 bits per heavy atom. The quantitative estimate of drug-likeness (QED) is 0.0222. The number of esters is 4. The van der Waals surface area contributed by atoms with Crippen LogP contribution in [0.15, 0.2) is 0 Å². The Balaban J connectivity index is 5.17. The molecule has 3 N–H and O–H groups in total. The lowest BCUT2D eigenvalue weighted by Crippen LogP contribution is -2.30. The van der Waals surface area contributed by atoms with E-state index in [1.165, 1.54) is 109 Å². The first-order valence-corrected chi connectivity index (χ1v) is 34.7. The van der Waals surface area contributed by atoms with Gasteiger partial charge in [-0.2, -0.15) is 0 Å². The molecule has 0 amide bonds. The second-order valence-electron chi connectivity index (χ2n) is 22.0. The fourth-order valence-corrected chi connectivity index (χ4v) is 10.4. The van der Waals surface area contributed by atoms with E-state index in [0.717, 1.165) is 109 Å². The van der Waals surface area contributed by atoms with Gasteiger partial charge in [-0.15, -0.1) is 0 Å². The highest BCUT2D eigenvalue weighted by molar-refractivity contribution is 7.47. The molecular weight excluding hydrogens is 1050 g/mol. The van der Waals surface area contributed by atoms with Crippen molar-refractivity contribution < 1.29 is 80.2 Å². The Kier molecular flexibility index (Phi) is 52.7. The van der Waals surface area contributed by atoms with Gasteiger partial charge in [0.25, 0.3) is 0 Å². The van der Waals surface area contributed by atoms with Crippen molar-refractivity contribution in [3.8, 4) is 0 Å². The maximum Gasteiger partial charge on any atom is 0.472 e. The first kappa shape index (κ1) is 77.1. The molecule has 0 rings (SSSR count). The van der Waals surface area contributed by atoms with Crippen molar-refractivity contribution in [1.82, 2.24) is 0 Å². The number of hydrogen-bond donors (Lipinski definition) is 3. The summed E-state index contributed by atoms with van der Waals surface area (Å²) in [6.45, 7) is 7.02. The summed E-state index contributed by atoms with van der Waals surface area (Å²) in [5.41, 5.74) is 0. The first-order valence-electron chi connectivity index (χ1n) is 31.7. The van der Waals surface area contributed by atoms with Gasteiger partial charge in [0.1, 0.15) is 19.3 Å². The molecule has 0 radical (unpaired) electrons. The molecule has 0 saturated carbocycles. The first-order chi connectivity index (χ1) is 38.1. The molecule has 0 bridgehead atoms. The van der Waals surface area contributed by atoms with E-state index < -0.39 is 97.5 Å². The lowest BCUT2D eigenvalue weighted by Gasteiger charge is -2.21. The van der Waals surface area contributed by atoms with E-state index in [-0.39, 0.29) is 25.7 Å². The molecule has 17 nitrogen and oxygen atoms in total. The molecule has 19 heteroatoms. The molecule has 0 aromatic carbocycles. The van der Waals surface area contributed by atoms with Crippen molar-refractivity contribution in [2.75, 3.05) is 39.6 Å². The van der Waals surface area contributed by atoms with Gasteiger partial charge in [0.15, 0.2) is 12.2 Å². The standard InChI is InChI=1S/C60H116O17P2/c1-6-10-13-16-18-20-21-22-23-24-25-27-29-36-41-46-60(65)77-56(50-71-58(63)44-39-34-31-30-33-37-42-53(5)9-4)52-75-79(68,69)73-48-54(61)47-72-78(66,67)74-51-55(49-70-57(62)43-38-32-15-12-8-3)76-59(64)45-40-35-28-26-19-17-14-11-7-2/h53-56,61H,6-52H2,1-5H3,(H,66,67)(H,68,69)/t53?,54-,55+,56+/m0/s1. The second kappa shape index (κ2) is 54.0. The number of ether oxygens (including phenoxy) is 4. The van der Waals surface area contributed by atoms with Gasteiger partial charge in [-0.3, -0.25) is 37.3 Å². The molecule has 0 saturated heterocycles. The summed E-state index contributed by atoms with van der Waals surface area (Å²) >= 11 is 0. The van der Waals surface area contributed by atoms with E-state index in [2.05, 4.69) is 34.6 Å². The van der Waals surface area contributed by atoms with Crippen molar-refractivity contribution in [3.05, 3.63) is 0 Å². The summed E-state index contributed by atoms with van der Waals surface area (Å²) in [4.78, 5) is 71.7. The zero-order valence-corrected chi connectivity index (χ0v) is 52.3. The molecule has 0 aromatic heterocycles. The van der Waals surface area contributed by atoms with Crippen molar-refractivity contribution >= 4 is 39.5 Å². The van der Waals surface area contributed by atoms with E-state index in [1.807, 2.05) is 0 Å². The summed E-state index contributed by atoms with van der Waals surface area (Å²) < 4.78 is 67.6. The Morgan fingerprint density at radius 2 is 0.608 bits per heavy atom. The van der Waals surface area contributed by atoms with E-state index >= 15 is 0 Å². The number of unbranched alkanes of at least 4 members (excludes halogenated alkanes) is 31. The number of aliphatic hydroxyl groups excluding tert-OH is 1. The van der Waals surface area contributed by atoms with Crippen molar-refractivity contribution in [1.29, 1.82) is 0 Å². The number of rotatable bonds is 60. The lowest BCUT2D eigenvalue weighted by atomic mass is 10.00. The highest BCUT2D eigenvalue weighted by atomic mass is 31.2. The number of aliphatic hydroxyl groups is 1. The largest absolute Gasteiger partial charge is 0.472 e. The minimum atomic E-state index is -4.94. The summed E-state index contributed by atoms with van der Waals surface area (Å²) in [7, 11) is -9.87. The maximum atomic E-state index is 12.9. The van der Waals surface area contributed by atoms with Crippen LogP contribution >= 0.6 is 15.6 Å². The number of carbonyl (C=O) groups is 4. The average molecular weight is 1170 g/mol. The molecule has 79 heavy (non-hydrogen) atoms. The van der Waals surface area contributed by atoms with Gasteiger partial charge >= 0.3 is 39.5 Å². The smallest absolute Gasteiger partial charge is 0.462 e. The SMILES string of the molecule is CCCCCCCCCCCCCCCCCC(=O)O[C@H](COC(=O)CCCCCCCCC(C)CC)COP(=O)(O)OC[C@@H](O)COP(=O)(O)OC[C@@H](COC(=O)CCCCCCC)OC(=O)CCCCCCCCCCC. The molecule has 0 spiro atoms. The monoisotopic (exact) mass is 1170 g/mol. The molecule has 0 aromatic rings. The predicted molar refractivity (Wildman–Crippen MR) is 312 cm³/mol. The summed E-state index contributed by atoms with van der Waals surface area (Å²) in [6, 6.07) is 0. The third kappa shape index (κ3) is 53.8. The van der Waals surface area contributed by atoms with Crippen molar-refractivity contribution in [3.63, 3.8) is 0 Å². The molecule has 3 unspecified atom stereocenters. The molecule has 0 aliphatic rings. The molecule has 468 valence electrons. The van der Waals surface area contributed by atoms with Crippen LogP contribution in [-0.4, -0.2) is 96.7 Å². The van der Waals surface area contributed by atoms with Crippen LogP contribution in [0, 0.1) is 5.92 Å². The maximum absolute atomic E-state index is 12.9. The summed E-state index contributed by atoms with van der Waals surface area (Å²) in [5, 5.41) is 10.5. The topological polar surface area (TPSA) is 237 Å². The Labute approximate surface area is 479 Å². The van der Waals surface area contributed by atoms with Crippen molar-refractivity contribution in [2.45, 2.75) is 316 Å². The van der Waals surface area contributed by atoms with E-state index in [1.54, 1.807) is 0 Å². The summed E-state index contributed by atoms with van der Waals surface area (Å²) in [6.07, 6.45) is 36.6. The Bertz CT molecular complexity index is 1550. The minimum absolute atomic E-state index is 0.105. The van der Waals surface area contributed by atoms with Gasteiger partial charge in [-0.05, 0) is 31.6 Å². The van der Waals surface area contributed by atoms with Crippen LogP contribution in [0.1, 0.15) is 298 Å². The van der Waals surface area contributed by atoms with Crippen LogP contribution in [-0.2, 0) is 65.4 Å². The van der Waals surface area contributed by atoms with Crippen LogP contribution in [0.4, 0.5) is 0 Å². The highest BCUT2D eigenvalue weighted by Crippen LogP contribution is 2.45. The third-order valence-electron chi connectivity index (χ3n) is 14.1. The Hall–Kier alpha value is -1.94. The fourth-order valence-electron chi connectivity index (χ4n) is 8.84. The fraction of sp³-hybridized carbons (Fsp3) is 0.933. The second-order valence-corrected chi connectivity index (χ2v) is 24.9. The number of phosphoric ester groups is 2. The third-order valence-corrected chi connectivity index (χ3v) is 16.0. The number of hydrogen-bond acceptors (Lipinski definition) is 15. The Morgan fingerprint density at radius 3 is 0.899 bits per heavy atom. The van der Waals surface area contributed by atoms with E-state index in [9.17, 15) is 43.2 Å². The van der Waals surface area contributed by atoms with Gasteiger partial charge in [0.05, 0.1) is 26.4 Å². The molecule has 0 aliphatic carbocycles. The van der Waals surface area contributed by atoms with Crippen LogP contribution < -0.4 is 0 Å². The zero-order valence-electron chi connectivity index (χ0n) is 50.5. The summed E-state index contributed by atoms with van der Waals surface area (Å²) in [5.74, 6) is -1.42. The number of phosphoric acid groups is 2. The zero-order chi connectivity index (χ0) is 58.5. The van der Waals surface area contributed by atoms with Crippen LogP contribution in [0.2, 0.25) is 0 Å². The van der Waals surface area contributed by atoms with Gasteiger partial charge in [0.2, 0.25) is 0 Å². The normalized spacial score (nSPS) is 14.7.